The maximum absolute atomic E-state index is 12.3. The first-order chi connectivity index (χ1) is 10.1. The van der Waals surface area contributed by atoms with Crippen LogP contribution in [-0.4, -0.2) is 36.8 Å². The number of aliphatic carboxylic acids is 1. The van der Waals surface area contributed by atoms with Gasteiger partial charge in [-0.15, -0.1) is 0 Å². The van der Waals surface area contributed by atoms with Gasteiger partial charge in [0.2, 0.25) is 5.91 Å². The van der Waals surface area contributed by atoms with Crippen LogP contribution in [0.2, 0.25) is 0 Å². The van der Waals surface area contributed by atoms with Crippen LogP contribution in [0.5, 0.6) is 5.75 Å². The molecule has 6 nitrogen and oxygen atoms in total. The van der Waals surface area contributed by atoms with Crippen LogP contribution in [0.4, 0.5) is 5.69 Å². The lowest BCUT2D eigenvalue weighted by Gasteiger charge is -2.20. The van der Waals surface area contributed by atoms with E-state index in [0.717, 1.165) is 6.42 Å². The fraction of sp³-hybridized carbons (Fsp3) is 0.467. The minimum atomic E-state index is -1.000. The number of carboxylic acid groups (broad SMARTS) is 1. The van der Waals surface area contributed by atoms with Gasteiger partial charge in [-0.2, -0.15) is 0 Å². The summed E-state index contributed by atoms with van der Waals surface area (Å²) in [7, 11) is 1.56. The Kier molecular flexibility index (Phi) is 5.16. The van der Waals surface area contributed by atoms with Gasteiger partial charge in [0.25, 0.3) is 0 Å². The number of nitrogens with one attached hydrogen (secondary N) is 1. The molecule has 1 heterocycles. The van der Waals surface area contributed by atoms with E-state index in [1.54, 1.807) is 31.4 Å². The number of rotatable bonds is 6. The predicted molar refractivity (Wildman–Crippen MR) is 76.3 cm³/mol. The van der Waals surface area contributed by atoms with Crippen molar-refractivity contribution in [1.29, 1.82) is 0 Å². The van der Waals surface area contributed by atoms with Crippen LogP contribution in [0.25, 0.3) is 0 Å². The lowest BCUT2D eigenvalue weighted by atomic mass is 9.95. The molecule has 0 saturated carbocycles. The fourth-order valence-electron chi connectivity index (χ4n) is 2.41. The molecule has 1 amide bonds. The van der Waals surface area contributed by atoms with E-state index in [1.165, 1.54) is 0 Å². The Hall–Kier alpha value is -2.08. The molecular weight excluding hydrogens is 274 g/mol. The summed E-state index contributed by atoms with van der Waals surface area (Å²) >= 11 is 0. The van der Waals surface area contributed by atoms with Gasteiger partial charge in [0.05, 0.1) is 25.6 Å². The first kappa shape index (κ1) is 15.3. The van der Waals surface area contributed by atoms with Crippen LogP contribution in [0.15, 0.2) is 24.3 Å². The zero-order valence-corrected chi connectivity index (χ0v) is 11.9. The van der Waals surface area contributed by atoms with Crippen molar-refractivity contribution in [2.24, 2.45) is 5.92 Å². The molecule has 0 aliphatic carbocycles. The molecule has 0 aromatic heterocycles. The first-order valence-electron chi connectivity index (χ1n) is 6.88. The van der Waals surface area contributed by atoms with Gasteiger partial charge >= 0.3 is 5.97 Å². The number of methoxy groups -OCH3 is 1. The predicted octanol–water partition coefficient (Wildman–Crippen LogP) is 1.90. The van der Waals surface area contributed by atoms with Crippen molar-refractivity contribution in [1.82, 2.24) is 0 Å². The van der Waals surface area contributed by atoms with Gasteiger partial charge < -0.3 is 19.9 Å². The Morgan fingerprint density at radius 1 is 1.43 bits per heavy atom. The summed E-state index contributed by atoms with van der Waals surface area (Å²) in [6.45, 7) is 0.580. The summed E-state index contributed by atoms with van der Waals surface area (Å²) in [4.78, 5) is 23.3. The minimum Gasteiger partial charge on any atom is -0.497 e. The van der Waals surface area contributed by atoms with Crippen LogP contribution in [0.1, 0.15) is 19.3 Å². The SMILES string of the molecule is COc1ccc(NC(=O)[C@@H](CC(=O)O)[C@H]2CCCO2)cc1. The second kappa shape index (κ2) is 7.08. The molecule has 1 aromatic carbocycles. The molecule has 0 unspecified atom stereocenters. The van der Waals surface area contributed by atoms with Crippen molar-refractivity contribution in [3.8, 4) is 5.75 Å². The quantitative estimate of drug-likeness (QED) is 0.837. The number of anilines is 1. The number of carboxylic acids is 1. The first-order valence-corrected chi connectivity index (χ1v) is 6.88. The van der Waals surface area contributed by atoms with E-state index < -0.39 is 11.9 Å². The van der Waals surface area contributed by atoms with Gasteiger partial charge in [0.1, 0.15) is 5.75 Å². The van der Waals surface area contributed by atoms with Crippen molar-refractivity contribution >= 4 is 17.6 Å². The lowest BCUT2D eigenvalue weighted by molar-refractivity contribution is -0.142. The molecule has 2 N–H and O–H groups in total. The Morgan fingerprint density at radius 2 is 2.14 bits per heavy atom. The molecule has 6 heteroatoms. The van der Waals surface area contributed by atoms with Crippen molar-refractivity contribution < 1.29 is 24.2 Å². The summed E-state index contributed by atoms with van der Waals surface area (Å²) in [5.41, 5.74) is 0.606. The molecule has 1 aromatic rings. The van der Waals surface area contributed by atoms with Gasteiger partial charge in [-0.1, -0.05) is 0 Å². The van der Waals surface area contributed by atoms with Gasteiger partial charge in [-0.25, -0.2) is 0 Å². The highest BCUT2D eigenvalue weighted by atomic mass is 16.5. The summed E-state index contributed by atoms with van der Waals surface area (Å²) in [6, 6.07) is 6.88. The molecule has 2 atom stereocenters. The molecule has 0 spiro atoms. The van der Waals surface area contributed by atoms with Crippen LogP contribution in [0.3, 0.4) is 0 Å². The van der Waals surface area contributed by atoms with Gasteiger partial charge in [-0.05, 0) is 37.1 Å². The monoisotopic (exact) mass is 293 g/mol. The second-order valence-electron chi connectivity index (χ2n) is 4.97. The van der Waals surface area contributed by atoms with Crippen LogP contribution < -0.4 is 10.1 Å². The van der Waals surface area contributed by atoms with E-state index in [1.807, 2.05) is 0 Å². The van der Waals surface area contributed by atoms with Crippen LogP contribution in [-0.2, 0) is 14.3 Å². The highest BCUT2D eigenvalue weighted by Crippen LogP contribution is 2.25. The number of ether oxygens (including phenoxy) is 2. The van der Waals surface area contributed by atoms with E-state index in [-0.39, 0.29) is 18.4 Å². The average Bonchev–Trinajstić information content (AvgIpc) is 2.99. The van der Waals surface area contributed by atoms with Gasteiger partial charge in [0, 0.05) is 12.3 Å². The molecule has 1 aliphatic rings. The number of carbonyl (C=O) groups excluding carboxylic acids is 1. The lowest BCUT2D eigenvalue weighted by Crippen LogP contribution is -2.34. The average molecular weight is 293 g/mol. The molecule has 0 radical (unpaired) electrons. The highest BCUT2D eigenvalue weighted by molar-refractivity contribution is 5.94. The van der Waals surface area contributed by atoms with Crippen molar-refractivity contribution in [3.63, 3.8) is 0 Å². The second-order valence-corrected chi connectivity index (χ2v) is 4.97. The largest absolute Gasteiger partial charge is 0.497 e. The fourth-order valence-corrected chi connectivity index (χ4v) is 2.41. The molecule has 21 heavy (non-hydrogen) atoms. The Balaban J connectivity index is 2.04. The smallest absolute Gasteiger partial charge is 0.304 e. The van der Waals surface area contributed by atoms with Crippen LogP contribution in [0, 0.1) is 5.92 Å². The molecule has 1 saturated heterocycles. The van der Waals surface area contributed by atoms with E-state index in [9.17, 15) is 9.59 Å². The molecule has 114 valence electrons. The number of carbonyl (C=O) groups is 2. The third-order valence-electron chi connectivity index (χ3n) is 3.50. The van der Waals surface area contributed by atoms with E-state index in [2.05, 4.69) is 5.32 Å². The number of benzene rings is 1. The van der Waals surface area contributed by atoms with Crippen LogP contribution >= 0.6 is 0 Å². The standard InChI is InChI=1S/C15H19NO5/c1-20-11-6-4-10(5-7-11)16-15(19)12(9-14(17)18)13-3-2-8-21-13/h4-7,12-13H,2-3,8-9H2,1H3,(H,16,19)(H,17,18)/t12-,13+/m0/s1. The number of hydrogen-bond acceptors (Lipinski definition) is 4. The van der Waals surface area contributed by atoms with E-state index >= 15 is 0 Å². The number of amides is 1. The van der Waals surface area contributed by atoms with Crippen molar-refractivity contribution in [2.75, 3.05) is 19.0 Å². The van der Waals surface area contributed by atoms with Crippen molar-refractivity contribution in [2.45, 2.75) is 25.4 Å². The summed E-state index contributed by atoms with van der Waals surface area (Å²) in [5.74, 6) is -1.31. The molecule has 1 fully saturated rings. The summed E-state index contributed by atoms with van der Waals surface area (Å²) in [6.07, 6.45) is 1.02. The minimum absolute atomic E-state index is 0.230. The van der Waals surface area contributed by atoms with Crippen molar-refractivity contribution in [3.05, 3.63) is 24.3 Å². The molecule has 2 rings (SSSR count). The molecule has 0 bridgehead atoms. The Labute approximate surface area is 123 Å². The zero-order chi connectivity index (χ0) is 15.2. The summed E-state index contributed by atoms with van der Waals surface area (Å²) in [5, 5.41) is 11.7. The zero-order valence-electron chi connectivity index (χ0n) is 11.9. The third-order valence-corrected chi connectivity index (χ3v) is 3.50. The van der Waals surface area contributed by atoms with E-state index in [4.69, 9.17) is 14.6 Å². The maximum Gasteiger partial charge on any atom is 0.304 e. The molecule has 1 aliphatic heterocycles. The normalized spacial score (nSPS) is 19.0. The van der Waals surface area contributed by atoms with Gasteiger partial charge in [0.15, 0.2) is 0 Å². The Morgan fingerprint density at radius 3 is 2.67 bits per heavy atom. The topological polar surface area (TPSA) is 84.9 Å². The summed E-state index contributed by atoms with van der Waals surface area (Å²) < 4.78 is 10.5. The van der Waals surface area contributed by atoms with Gasteiger partial charge in [-0.3, -0.25) is 9.59 Å². The maximum atomic E-state index is 12.3. The third kappa shape index (κ3) is 4.19. The highest BCUT2D eigenvalue weighted by Gasteiger charge is 2.33. The number of hydrogen-bond donors (Lipinski definition) is 2. The Bertz CT molecular complexity index is 493. The molecular formula is C15H19NO5. The van der Waals surface area contributed by atoms with E-state index in [0.29, 0.717) is 24.5 Å².